The Morgan fingerprint density at radius 1 is 1.56 bits per heavy atom. The van der Waals surface area contributed by atoms with Gasteiger partial charge in [0, 0.05) is 33.3 Å². The topological polar surface area (TPSA) is 65.5 Å². The van der Waals surface area contributed by atoms with Crippen LogP contribution in [0.1, 0.15) is 12.8 Å². The summed E-state index contributed by atoms with van der Waals surface area (Å²) in [6.45, 7) is 0.0288. The fourth-order valence-corrected chi connectivity index (χ4v) is 1.33. The second kappa shape index (κ2) is 6.07. The molecule has 2 N–H and O–H groups in total. The Hall–Kier alpha value is -1.62. The van der Waals surface area contributed by atoms with Crippen LogP contribution in [0.4, 0.5) is 11.4 Å². The molecule has 0 aliphatic carbocycles. The lowest BCUT2D eigenvalue weighted by molar-refractivity contribution is -0.116. The maximum Gasteiger partial charge on any atom is 0.224 e. The summed E-state index contributed by atoms with van der Waals surface area (Å²) in [6.07, 6.45) is 4.09. The molecule has 0 saturated carbocycles. The van der Waals surface area contributed by atoms with Crippen LogP contribution in [0, 0.1) is 0 Å². The Morgan fingerprint density at radius 2 is 2.31 bits per heavy atom. The molecule has 0 fully saturated rings. The van der Waals surface area contributed by atoms with Gasteiger partial charge in [0.1, 0.15) is 0 Å². The quantitative estimate of drug-likeness (QED) is 0.777. The molecular formula is C11H17N3O2. The molecule has 5 heteroatoms. The first kappa shape index (κ1) is 12.4. The highest BCUT2D eigenvalue weighted by Crippen LogP contribution is 2.22. The van der Waals surface area contributed by atoms with E-state index in [0.717, 1.165) is 5.69 Å². The zero-order chi connectivity index (χ0) is 12.0. The van der Waals surface area contributed by atoms with Crippen molar-refractivity contribution < 1.29 is 9.90 Å². The van der Waals surface area contributed by atoms with E-state index in [1.54, 1.807) is 12.4 Å². The van der Waals surface area contributed by atoms with Crippen molar-refractivity contribution in [3.05, 3.63) is 18.5 Å². The summed E-state index contributed by atoms with van der Waals surface area (Å²) in [5.41, 5.74) is 1.60. The van der Waals surface area contributed by atoms with Gasteiger partial charge in [0.2, 0.25) is 5.91 Å². The molecule has 88 valence electrons. The van der Waals surface area contributed by atoms with Crippen LogP contribution < -0.4 is 10.2 Å². The summed E-state index contributed by atoms with van der Waals surface area (Å²) in [5, 5.41) is 11.4. The number of carbonyl (C=O) groups excluding carboxylic acids is 1. The second-order valence-electron chi connectivity index (χ2n) is 3.66. The van der Waals surface area contributed by atoms with Gasteiger partial charge in [-0.3, -0.25) is 9.78 Å². The molecule has 0 aromatic carbocycles. The molecule has 0 radical (unpaired) electrons. The van der Waals surface area contributed by atoms with Gasteiger partial charge >= 0.3 is 0 Å². The molecule has 5 nitrogen and oxygen atoms in total. The number of anilines is 2. The smallest absolute Gasteiger partial charge is 0.224 e. The highest BCUT2D eigenvalue weighted by atomic mass is 16.3. The number of rotatable bonds is 5. The van der Waals surface area contributed by atoms with E-state index >= 15 is 0 Å². The van der Waals surface area contributed by atoms with Crippen molar-refractivity contribution in [3.63, 3.8) is 0 Å². The number of nitrogens with zero attached hydrogens (tertiary/aromatic N) is 2. The number of carbonyl (C=O) groups is 1. The number of hydrogen-bond acceptors (Lipinski definition) is 4. The summed E-state index contributed by atoms with van der Waals surface area (Å²) in [4.78, 5) is 17.4. The molecule has 1 rings (SSSR count). The average Bonchev–Trinajstić information content (AvgIpc) is 2.27. The van der Waals surface area contributed by atoms with Crippen LogP contribution in [-0.4, -0.2) is 36.7 Å². The van der Waals surface area contributed by atoms with Crippen molar-refractivity contribution in [1.29, 1.82) is 0 Å². The Labute approximate surface area is 95.1 Å². The van der Waals surface area contributed by atoms with Crippen LogP contribution in [0.15, 0.2) is 18.5 Å². The Balaban J connectivity index is 2.69. The zero-order valence-corrected chi connectivity index (χ0v) is 9.60. The van der Waals surface area contributed by atoms with Crippen LogP contribution in [0.2, 0.25) is 0 Å². The van der Waals surface area contributed by atoms with E-state index in [-0.39, 0.29) is 12.5 Å². The molecule has 1 amide bonds. The van der Waals surface area contributed by atoms with Crippen LogP contribution in [0.5, 0.6) is 0 Å². The molecule has 1 aromatic rings. The van der Waals surface area contributed by atoms with E-state index in [9.17, 15) is 4.79 Å². The SMILES string of the molecule is CN(C)c1ccncc1NC(=O)CCCO. The van der Waals surface area contributed by atoms with E-state index in [1.165, 1.54) is 0 Å². The lowest BCUT2D eigenvalue weighted by atomic mass is 10.2. The van der Waals surface area contributed by atoms with Crippen molar-refractivity contribution in [2.75, 3.05) is 30.9 Å². The molecule has 0 atom stereocenters. The second-order valence-corrected chi connectivity index (χ2v) is 3.66. The van der Waals surface area contributed by atoms with Crippen LogP contribution in [0.3, 0.4) is 0 Å². The fourth-order valence-electron chi connectivity index (χ4n) is 1.33. The Kier molecular flexibility index (Phi) is 4.72. The van der Waals surface area contributed by atoms with Gasteiger partial charge < -0.3 is 15.3 Å². The van der Waals surface area contributed by atoms with E-state index in [2.05, 4.69) is 10.3 Å². The zero-order valence-electron chi connectivity index (χ0n) is 9.60. The molecule has 1 heterocycles. The normalized spacial score (nSPS) is 9.94. The first-order chi connectivity index (χ1) is 7.65. The minimum absolute atomic E-state index is 0.0288. The molecule has 16 heavy (non-hydrogen) atoms. The van der Waals surface area contributed by atoms with Crippen molar-refractivity contribution in [2.24, 2.45) is 0 Å². The molecule has 0 unspecified atom stereocenters. The molecule has 0 bridgehead atoms. The number of aliphatic hydroxyl groups excluding tert-OH is 1. The van der Waals surface area contributed by atoms with E-state index in [0.29, 0.717) is 18.5 Å². The lowest BCUT2D eigenvalue weighted by Crippen LogP contribution is -2.16. The van der Waals surface area contributed by atoms with E-state index < -0.39 is 0 Å². The summed E-state index contributed by atoms with van der Waals surface area (Å²) >= 11 is 0. The summed E-state index contributed by atoms with van der Waals surface area (Å²) in [6, 6.07) is 1.83. The van der Waals surface area contributed by atoms with Gasteiger partial charge in [-0.1, -0.05) is 0 Å². The van der Waals surface area contributed by atoms with Gasteiger partial charge in [-0.15, -0.1) is 0 Å². The molecular weight excluding hydrogens is 206 g/mol. The fraction of sp³-hybridized carbons (Fsp3) is 0.455. The van der Waals surface area contributed by atoms with Gasteiger partial charge in [0.25, 0.3) is 0 Å². The van der Waals surface area contributed by atoms with Crippen molar-refractivity contribution in [1.82, 2.24) is 4.98 Å². The predicted octanol–water partition coefficient (Wildman–Crippen LogP) is 0.859. The van der Waals surface area contributed by atoms with Gasteiger partial charge in [0.15, 0.2) is 0 Å². The van der Waals surface area contributed by atoms with Crippen LogP contribution >= 0.6 is 0 Å². The molecule has 0 aliphatic rings. The Bertz CT molecular complexity index is 353. The monoisotopic (exact) mass is 223 g/mol. The summed E-state index contributed by atoms with van der Waals surface area (Å²) in [5.74, 6) is -0.106. The summed E-state index contributed by atoms with van der Waals surface area (Å²) in [7, 11) is 3.80. The number of nitrogens with one attached hydrogen (secondary N) is 1. The predicted molar refractivity (Wildman–Crippen MR) is 63.5 cm³/mol. The van der Waals surface area contributed by atoms with Crippen LogP contribution in [0.25, 0.3) is 0 Å². The lowest BCUT2D eigenvalue weighted by Gasteiger charge is -2.17. The number of aliphatic hydroxyl groups is 1. The first-order valence-electron chi connectivity index (χ1n) is 5.17. The molecule has 0 aliphatic heterocycles. The third-order valence-electron chi connectivity index (χ3n) is 2.12. The van der Waals surface area contributed by atoms with Crippen molar-refractivity contribution in [3.8, 4) is 0 Å². The largest absolute Gasteiger partial charge is 0.396 e. The van der Waals surface area contributed by atoms with Gasteiger partial charge in [-0.2, -0.15) is 0 Å². The number of hydrogen-bond donors (Lipinski definition) is 2. The van der Waals surface area contributed by atoms with Gasteiger partial charge in [-0.05, 0) is 12.5 Å². The summed E-state index contributed by atoms with van der Waals surface area (Å²) < 4.78 is 0. The average molecular weight is 223 g/mol. The molecule has 0 saturated heterocycles. The maximum atomic E-state index is 11.5. The van der Waals surface area contributed by atoms with Gasteiger partial charge in [-0.25, -0.2) is 0 Å². The first-order valence-corrected chi connectivity index (χ1v) is 5.17. The molecule has 1 aromatic heterocycles. The van der Waals surface area contributed by atoms with Crippen molar-refractivity contribution in [2.45, 2.75) is 12.8 Å². The number of pyridine rings is 1. The van der Waals surface area contributed by atoms with E-state index in [1.807, 2.05) is 25.1 Å². The highest BCUT2D eigenvalue weighted by Gasteiger charge is 2.07. The highest BCUT2D eigenvalue weighted by molar-refractivity contribution is 5.93. The third-order valence-corrected chi connectivity index (χ3v) is 2.12. The number of amides is 1. The van der Waals surface area contributed by atoms with Crippen LogP contribution in [-0.2, 0) is 4.79 Å². The van der Waals surface area contributed by atoms with E-state index in [4.69, 9.17) is 5.11 Å². The minimum atomic E-state index is -0.106. The third kappa shape index (κ3) is 3.51. The van der Waals surface area contributed by atoms with Gasteiger partial charge in [0.05, 0.1) is 17.6 Å². The van der Waals surface area contributed by atoms with Crippen molar-refractivity contribution >= 4 is 17.3 Å². The maximum absolute atomic E-state index is 11.5. The number of aromatic nitrogens is 1. The Morgan fingerprint density at radius 3 is 2.94 bits per heavy atom. The molecule has 0 spiro atoms. The standard InChI is InChI=1S/C11H17N3O2/c1-14(2)10-5-6-12-8-9(10)13-11(16)4-3-7-15/h5-6,8,15H,3-4,7H2,1-2H3,(H,13,16). The minimum Gasteiger partial charge on any atom is -0.396 e.